The van der Waals surface area contributed by atoms with Crippen LogP contribution in [0.25, 0.3) is 137 Å². The van der Waals surface area contributed by atoms with Gasteiger partial charge in [0.15, 0.2) is 0 Å². The fraction of sp³-hybridized carbons (Fsp3) is 0.280. The van der Waals surface area contributed by atoms with Gasteiger partial charge in [0.1, 0.15) is 0 Å². The zero-order valence-electron chi connectivity index (χ0n) is 67.8. The molecule has 0 bridgehead atoms. The van der Waals surface area contributed by atoms with Crippen molar-refractivity contribution in [1.82, 2.24) is 9.55 Å². The quantitative estimate of drug-likeness (QED) is 0.126. The normalized spacial score (nSPS) is 17.1. The molecule has 0 radical (unpaired) electrons. The Hall–Kier alpha value is -10.5. The van der Waals surface area contributed by atoms with Crippen molar-refractivity contribution in [2.75, 3.05) is 4.90 Å². The smallest absolute Gasteiger partial charge is 0.252 e. The lowest BCUT2D eigenvalue weighted by atomic mass is 9.33. The first-order chi connectivity index (χ1) is 53.0. The van der Waals surface area contributed by atoms with E-state index >= 15 is 0 Å². The van der Waals surface area contributed by atoms with Crippen LogP contribution in [0.15, 0.2) is 231 Å². The third-order valence-electron chi connectivity index (χ3n) is 28.3. The number of nitrogens with zero attached hydrogens (tertiary/aromatic N) is 3. The van der Waals surface area contributed by atoms with Gasteiger partial charge in [-0.05, 0) is 269 Å². The minimum absolute atomic E-state index is 0.00406. The van der Waals surface area contributed by atoms with E-state index in [0.717, 1.165) is 72.3 Å². The molecule has 0 fully saturated rings. The van der Waals surface area contributed by atoms with Crippen molar-refractivity contribution >= 4 is 127 Å². The van der Waals surface area contributed by atoms with E-state index in [1.807, 2.05) is 0 Å². The second-order valence-electron chi connectivity index (χ2n) is 39.5. The molecule has 4 heteroatoms. The van der Waals surface area contributed by atoms with Crippen molar-refractivity contribution < 1.29 is 0 Å². The van der Waals surface area contributed by atoms with Crippen LogP contribution in [0.3, 0.4) is 0 Å². The first-order valence-electron chi connectivity index (χ1n) is 41.3. The molecule has 21 rings (SSSR count). The summed E-state index contributed by atoms with van der Waals surface area (Å²) in [7, 11) is 0. The van der Waals surface area contributed by atoms with E-state index < -0.39 is 0 Å². The SMILES string of the molecule is CC(C)(C)c1ccc(N2c3ccc(C(C)(C)C)cc3B3c4c2cc(-c2c(-c5ccc6c(c5)C(C)(C)CCC6(C)C)cc(-c5ccc6c(c5)C(C)(C)CCC6(C)C)nc2-c2ccc5c(c2)CCCC5(C)C)cc4-n2c4ccc5c6ccccc6c6ccccc6c5c4c4c5c6ccccc6c6ccccc6c5cc3c42)cc1. The maximum absolute atomic E-state index is 6.38. The summed E-state index contributed by atoms with van der Waals surface area (Å²) in [6, 6.07) is 92.5. The fourth-order valence-corrected chi connectivity index (χ4v) is 21.8. The zero-order valence-corrected chi connectivity index (χ0v) is 67.8. The number of hydrogen-bond donors (Lipinski definition) is 0. The van der Waals surface area contributed by atoms with Crippen LogP contribution in [0.2, 0.25) is 0 Å². The molecule has 0 N–H and O–H groups in total. The zero-order chi connectivity index (χ0) is 76.3. The summed E-state index contributed by atoms with van der Waals surface area (Å²) < 4.78 is 2.80. The molecule has 111 heavy (non-hydrogen) atoms. The number of aryl methyl sites for hydroxylation is 1. The van der Waals surface area contributed by atoms with Gasteiger partial charge in [-0.1, -0.05) is 287 Å². The minimum Gasteiger partial charge on any atom is -0.311 e. The van der Waals surface area contributed by atoms with Gasteiger partial charge in [-0.25, -0.2) is 4.98 Å². The van der Waals surface area contributed by atoms with Gasteiger partial charge in [-0.15, -0.1) is 0 Å². The molecule has 2 aliphatic heterocycles. The van der Waals surface area contributed by atoms with Gasteiger partial charge >= 0.3 is 0 Å². The number of pyridine rings is 1. The molecule has 0 saturated heterocycles. The summed E-state index contributed by atoms with van der Waals surface area (Å²) in [4.78, 5) is 9.06. The lowest BCUT2D eigenvalue weighted by Gasteiger charge is -2.42. The first kappa shape index (κ1) is 68.5. The summed E-state index contributed by atoms with van der Waals surface area (Å²) in [5.41, 5.74) is 31.6. The Morgan fingerprint density at radius 1 is 0.351 bits per heavy atom. The van der Waals surface area contributed by atoms with Gasteiger partial charge in [0.25, 0.3) is 6.71 Å². The summed E-state index contributed by atoms with van der Waals surface area (Å²) in [5.74, 6) is 0. The van der Waals surface area contributed by atoms with Crippen molar-refractivity contribution in [1.29, 1.82) is 0 Å². The van der Waals surface area contributed by atoms with Gasteiger partial charge in [-0.2, -0.15) is 0 Å². The Morgan fingerprint density at radius 3 is 1.43 bits per heavy atom. The fourth-order valence-electron chi connectivity index (χ4n) is 21.8. The second kappa shape index (κ2) is 23.3. The molecule has 5 aliphatic rings. The molecule has 14 aromatic carbocycles. The maximum atomic E-state index is 6.38. The van der Waals surface area contributed by atoms with E-state index in [0.29, 0.717) is 0 Å². The molecule has 3 aliphatic carbocycles. The van der Waals surface area contributed by atoms with Crippen LogP contribution in [0.4, 0.5) is 17.1 Å². The van der Waals surface area contributed by atoms with E-state index in [1.165, 1.54) is 188 Å². The van der Waals surface area contributed by atoms with Crippen LogP contribution < -0.4 is 21.3 Å². The van der Waals surface area contributed by atoms with E-state index in [4.69, 9.17) is 4.98 Å². The lowest BCUT2D eigenvalue weighted by Crippen LogP contribution is -2.60. The van der Waals surface area contributed by atoms with Gasteiger partial charge in [0.05, 0.1) is 22.4 Å². The number of anilines is 3. The Bertz CT molecular complexity index is 6750. The average molecular weight is 1440 g/mol. The number of hydrogen-bond acceptors (Lipinski definition) is 2. The number of aromatic nitrogens is 2. The third-order valence-corrected chi connectivity index (χ3v) is 28.3. The Labute approximate surface area is 655 Å². The monoisotopic (exact) mass is 1440 g/mol. The van der Waals surface area contributed by atoms with E-state index in [2.05, 4.69) is 351 Å². The molecule has 0 unspecified atom stereocenters. The summed E-state index contributed by atoms with van der Waals surface area (Å²) >= 11 is 0. The van der Waals surface area contributed by atoms with Crippen LogP contribution in [0.1, 0.15) is 194 Å². The van der Waals surface area contributed by atoms with Crippen LogP contribution >= 0.6 is 0 Å². The highest BCUT2D eigenvalue weighted by atomic mass is 15.2. The molecular formula is C107H100BN3. The molecule has 0 spiro atoms. The molecule has 4 heterocycles. The summed E-state index contributed by atoms with van der Waals surface area (Å²) in [6.07, 6.45) is 7.92. The molecule has 0 saturated carbocycles. The van der Waals surface area contributed by atoms with Crippen LogP contribution in [-0.2, 0) is 44.3 Å². The Kier molecular flexibility index (Phi) is 14.4. The molecule has 16 aromatic rings. The topological polar surface area (TPSA) is 21.1 Å². The molecule has 0 atom stereocenters. The lowest BCUT2D eigenvalue weighted by molar-refractivity contribution is 0.332. The van der Waals surface area contributed by atoms with Gasteiger partial charge in [-0.3, -0.25) is 0 Å². The minimum atomic E-state index is -0.183. The van der Waals surface area contributed by atoms with Gasteiger partial charge < -0.3 is 9.47 Å². The molecule has 2 aromatic heterocycles. The largest absolute Gasteiger partial charge is 0.311 e. The van der Waals surface area contributed by atoms with Crippen molar-refractivity contribution in [2.24, 2.45) is 0 Å². The molecule has 546 valence electrons. The molecule has 0 amide bonds. The van der Waals surface area contributed by atoms with Gasteiger partial charge in [0.2, 0.25) is 0 Å². The summed E-state index contributed by atoms with van der Waals surface area (Å²) in [6.45, 7) is 38.7. The van der Waals surface area contributed by atoms with E-state index in [1.54, 1.807) is 0 Å². The number of benzene rings is 14. The Balaban J connectivity index is 0.983. The molecular weight excluding hydrogens is 1340 g/mol. The number of rotatable bonds is 5. The van der Waals surface area contributed by atoms with Crippen molar-refractivity contribution in [2.45, 2.75) is 194 Å². The standard InChI is InChI=1S/C107H100BN3/c1-101(2,3)67-38-41-69(42-39-67)110-89-47-40-68(102(4,5)6)59-86(89)108-87-60-80-75-32-20-18-28-71(75)73-30-22-24-34-77(73)95(80)97-96-90(48-43-78-74-31-19-17-27-70(74)72-29-21-23-33-76(72)94(78)96)111(100(87)97)92-58-66(57-91(110)98(92)108)93-79(62-35-45-82-84(55-62)106(13,14)52-50-104(82,9)10)61-88(64-36-46-83-85(56-64)107(15,16)53-51-105(83,11)12)109-99(93)65-37-44-81-63(54-65)26-25-49-103(81,7)8/h17-24,27-48,54-61H,25-26,49-53H2,1-16H3. The van der Waals surface area contributed by atoms with Crippen LogP contribution in [0.5, 0.6) is 0 Å². The number of fused-ring (bicyclic) bond motifs is 24. The van der Waals surface area contributed by atoms with Crippen molar-refractivity contribution in [3.05, 3.63) is 275 Å². The maximum Gasteiger partial charge on any atom is 0.252 e. The highest BCUT2D eigenvalue weighted by Gasteiger charge is 2.46. The predicted molar refractivity (Wildman–Crippen MR) is 479 cm³/mol. The highest BCUT2D eigenvalue weighted by Crippen LogP contribution is 2.56. The van der Waals surface area contributed by atoms with Crippen LogP contribution in [0, 0.1) is 0 Å². The Morgan fingerprint density at radius 2 is 0.838 bits per heavy atom. The predicted octanol–water partition coefficient (Wildman–Crippen LogP) is 27.3. The highest BCUT2D eigenvalue weighted by molar-refractivity contribution is 7.00. The second-order valence-corrected chi connectivity index (χ2v) is 39.5. The first-order valence-corrected chi connectivity index (χ1v) is 41.3. The van der Waals surface area contributed by atoms with Crippen molar-refractivity contribution in [3.63, 3.8) is 0 Å². The van der Waals surface area contributed by atoms with E-state index in [9.17, 15) is 0 Å². The molecule has 3 nitrogen and oxygen atoms in total. The average Bonchev–Trinajstić information content (AvgIpc) is 1.55. The van der Waals surface area contributed by atoms with Gasteiger partial charge in [0, 0.05) is 61.0 Å². The van der Waals surface area contributed by atoms with E-state index in [-0.39, 0.29) is 44.6 Å². The van der Waals surface area contributed by atoms with Crippen LogP contribution in [-0.4, -0.2) is 16.3 Å². The third kappa shape index (κ3) is 9.99. The summed E-state index contributed by atoms with van der Waals surface area (Å²) in [5, 5.41) is 18.0. The van der Waals surface area contributed by atoms with Crippen molar-refractivity contribution in [3.8, 4) is 50.5 Å².